The van der Waals surface area contributed by atoms with Crippen LogP contribution < -0.4 is 5.32 Å². The van der Waals surface area contributed by atoms with Crippen molar-refractivity contribution in [1.82, 2.24) is 5.32 Å². The number of amides is 1. The molecule has 0 aromatic heterocycles. The highest BCUT2D eigenvalue weighted by Crippen LogP contribution is 2.26. The van der Waals surface area contributed by atoms with Crippen LogP contribution in [0.4, 0.5) is 0 Å². The molecule has 0 bridgehead atoms. The van der Waals surface area contributed by atoms with Crippen LogP contribution in [0.25, 0.3) is 6.08 Å². The molecule has 3 nitrogen and oxygen atoms in total. The first-order chi connectivity index (χ1) is 9.58. The van der Waals surface area contributed by atoms with E-state index in [1.165, 1.54) is 6.08 Å². The Morgan fingerprint density at radius 1 is 1.30 bits per heavy atom. The summed E-state index contributed by atoms with van der Waals surface area (Å²) < 4.78 is 0. The molecule has 0 spiro atoms. The third-order valence-electron chi connectivity index (χ3n) is 3.45. The molecule has 5 heteroatoms. The highest BCUT2D eigenvalue weighted by atomic mass is 35.5. The van der Waals surface area contributed by atoms with Gasteiger partial charge in [-0.25, -0.2) is 0 Å². The SMILES string of the molecule is O=C(/C=C/c1cccc(Cl)c1Cl)N[C@@H]1CCCC[C@H]1O. The molecule has 1 aliphatic carbocycles. The van der Waals surface area contributed by atoms with E-state index in [1.807, 2.05) is 0 Å². The molecule has 1 aromatic rings. The third-order valence-corrected chi connectivity index (χ3v) is 4.29. The summed E-state index contributed by atoms with van der Waals surface area (Å²) in [5.41, 5.74) is 0.693. The molecular weight excluding hydrogens is 297 g/mol. The smallest absolute Gasteiger partial charge is 0.244 e. The molecule has 0 heterocycles. The van der Waals surface area contributed by atoms with Crippen LogP contribution in [0, 0.1) is 0 Å². The average molecular weight is 314 g/mol. The van der Waals surface area contributed by atoms with Crippen molar-refractivity contribution in [2.75, 3.05) is 0 Å². The van der Waals surface area contributed by atoms with E-state index in [9.17, 15) is 9.90 Å². The van der Waals surface area contributed by atoms with Gasteiger partial charge in [-0.3, -0.25) is 4.79 Å². The van der Waals surface area contributed by atoms with Crippen molar-refractivity contribution in [3.63, 3.8) is 0 Å². The predicted octanol–water partition coefficient (Wildman–Crippen LogP) is 3.43. The maximum Gasteiger partial charge on any atom is 0.244 e. The molecular formula is C15H17Cl2NO2. The topological polar surface area (TPSA) is 49.3 Å². The minimum Gasteiger partial charge on any atom is -0.391 e. The van der Waals surface area contributed by atoms with Gasteiger partial charge < -0.3 is 10.4 Å². The largest absolute Gasteiger partial charge is 0.391 e. The maximum atomic E-state index is 11.8. The zero-order chi connectivity index (χ0) is 14.5. The number of hydrogen-bond donors (Lipinski definition) is 2. The van der Waals surface area contributed by atoms with E-state index in [0.717, 1.165) is 25.7 Å². The molecule has 0 aliphatic heterocycles. The van der Waals surface area contributed by atoms with Gasteiger partial charge in [-0.2, -0.15) is 0 Å². The summed E-state index contributed by atoms with van der Waals surface area (Å²) in [5, 5.41) is 13.5. The van der Waals surface area contributed by atoms with Gasteiger partial charge in [0, 0.05) is 6.08 Å². The highest BCUT2D eigenvalue weighted by Gasteiger charge is 2.23. The zero-order valence-electron chi connectivity index (χ0n) is 11.0. The summed E-state index contributed by atoms with van der Waals surface area (Å²) in [6.45, 7) is 0. The first kappa shape index (κ1) is 15.4. The summed E-state index contributed by atoms with van der Waals surface area (Å²) >= 11 is 11.9. The van der Waals surface area contributed by atoms with Crippen molar-refractivity contribution in [3.05, 3.63) is 39.9 Å². The van der Waals surface area contributed by atoms with Crippen molar-refractivity contribution in [1.29, 1.82) is 0 Å². The molecule has 20 heavy (non-hydrogen) atoms. The van der Waals surface area contributed by atoms with Gasteiger partial charge in [0.25, 0.3) is 0 Å². The van der Waals surface area contributed by atoms with E-state index < -0.39 is 6.10 Å². The van der Waals surface area contributed by atoms with E-state index in [2.05, 4.69) is 5.32 Å². The van der Waals surface area contributed by atoms with Gasteiger partial charge in [0.05, 0.1) is 22.2 Å². The maximum absolute atomic E-state index is 11.8. The lowest BCUT2D eigenvalue weighted by molar-refractivity contribution is -0.118. The van der Waals surface area contributed by atoms with Crippen LogP contribution >= 0.6 is 23.2 Å². The first-order valence-electron chi connectivity index (χ1n) is 6.68. The lowest BCUT2D eigenvalue weighted by Crippen LogP contribution is -2.44. The molecule has 2 atom stereocenters. The Bertz CT molecular complexity index is 517. The molecule has 1 fully saturated rings. The molecule has 1 aliphatic rings. The van der Waals surface area contributed by atoms with Gasteiger partial charge in [0.15, 0.2) is 0 Å². The van der Waals surface area contributed by atoms with Crippen LogP contribution in [-0.4, -0.2) is 23.2 Å². The summed E-state index contributed by atoms with van der Waals surface area (Å²) in [5.74, 6) is -0.230. The Balaban J connectivity index is 1.97. The summed E-state index contributed by atoms with van der Waals surface area (Å²) in [6, 6.07) is 5.10. The Labute approximate surface area is 128 Å². The van der Waals surface area contributed by atoms with Crippen molar-refractivity contribution >= 4 is 35.2 Å². The monoisotopic (exact) mass is 313 g/mol. The fraction of sp³-hybridized carbons (Fsp3) is 0.400. The van der Waals surface area contributed by atoms with Crippen LogP contribution in [0.3, 0.4) is 0 Å². The fourth-order valence-corrected chi connectivity index (χ4v) is 2.70. The molecule has 2 rings (SSSR count). The van der Waals surface area contributed by atoms with E-state index in [0.29, 0.717) is 15.6 Å². The van der Waals surface area contributed by atoms with Gasteiger partial charge in [0.2, 0.25) is 5.91 Å². The predicted molar refractivity (Wildman–Crippen MR) is 81.9 cm³/mol. The Morgan fingerprint density at radius 3 is 2.80 bits per heavy atom. The Hall–Kier alpha value is -1.03. The molecule has 1 amide bonds. The normalized spacial score (nSPS) is 22.9. The van der Waals surface area contributed by atoms with Gasteiger partial charge in [0.1, 0.15) is 0 Å². The average Bonchev–Trinajstić information content (AvgIpc) is 2.43. The minimum atomic E-state index is -0.448. The lowest BCUT2D eigenvalue weighted by atomic mass is 9.92. The number of carbonyl (C=O) groups excluding carboxylic acids is 1. The molecule has 108 valence electrons. The van der Waals surface area contributed by atoms with Crippen molar-refractivity contribution in [3.8, 4) is 0 Å². The summed E-state index contributed by atoms with van der Waals surface area (Å²) in [4.78, 5) is 11.8. The second kappa shape index (κ2) is 7.11. The van der Waals surface area contributed by atoms with Crippen molar-refractivity contribution < 1.29 is 9.90 Å². The highest BCUT2D eigenvalue weighted by molar-refractivity contribution is 6.42. The molecule has 0 unspecified atom stereocenters. The first-order valence-corrected chi connectivity index (χ1v) is 7.44. The third kappa shape index (κ3) is 3.98. The number of halogens is 2. The number of nitrogens with one attached hydrogen (secondary N) is 1. The molecule has 0 radical (unpaired) electrons. The van der Waals surface area contributed by atoms with E-state index in [4.69, 9.17) is 23.2 Å². The molecule has 1 aromatic carbocycles. The van der Waals surface area contributed by atoms with Gasteiger partial charge >= 0.3 is 0 Å². The summed E-state index contributed by atoms with van der Waals surface area (Å²) in [7, 11) is 0. The second-order valence-corrected chi connectivity index (χ2v) is 5.73. The number of benzene rings is 1. The Kier molecular flexibility index (Phi) is 5.46. The van der Waals surface area contributed by atoms with Crippen LogP contribution in [-0.2, 0) is 4.79 Å². The lowest BCUT2D eigenvalue weighted by Gasteiger charge is -2.27. The Morgan fingerprint density at radius 2 is 2.05 bits per heavy atom. The quantitative estimate of drug-likeness (QED) is 0.840. The van der Waals surface area contributed by atoms with Crippen LogP contribution in [0.5, 0.6) is 0 Å². The summed E-state index contributed by atoms with van der Waals surface area (Å²) in [6.07, 6.45) is 6.20. The van der Waals surface area contributed by atoms with Crippen LogP contribution in [0.15, 0.2) is 24.3 Å². The van der Waals surface area contributed by atoms with Crippen molar-refractivity contribution in [2.45, 2.75) is 37.8 Å². The zero-order valence-corrected chi connectivity index (χ0v) is 12.5. The number of aliphatic hydroxyl groups is 1. The number of rotatable bonds is 3. The van der Waals surface area contributed by atoms with E-state index in [1.54, 1.807) is 24.3 Å². The van der Waals surface area contributed by atoms with Gasteiger partial charge in [-0.15, -0.1) is 0 Å². The van der Waals surface area contributed by atoms with Crippen LogP contribution in [0.1, 0.15) is 31.2 Å². The van der Waals surface area contributed by atoms with E-state index in [-0.39, 0.29) is 11.9 Å². The fourth-order valence-electron chi connectivity index (χ4n) is 2.33. The van der Waals surface area contributed by atoms with Crippen molar-refractivity contribution in [2.24, 2.45) is 0 Å². The number of hydrogen-bond acceptors (Lipinski definition) is 2. The van der Waals surface area contributed by atoms with Gasteiger partial charge in [-0.05, 0) is 30.5 Å². The molecule has 2 N–H and O–H groups in total. The second-order valence-electron chi connectivity index (χ2n) is 4.94. The number of aliphatic hydroxyl groups excluding tert-OH is 1. The molecule has 0 saturated heterocycles. The van der Waals surface area contributed by atoms with Gasteiger partial charge in [-0.1, -0.05) is 48.2 Å². The van der Waals surface area contributed by atoms with Crippen LogP contribution in [0.2, 0.25) is 10.0 Å². The van der Waals surface area contributed by atoms with E-state index >= 15 is 0 Å². The minimum absolute atomic E-state index is 0.157. The number of carbonyl (C=O) groups is 1. The standard InChI is InChI=1S/C15H17Cl2NO2/c16-11-5-3-4-10(15(11)17)8-9-14(20)18-12-6-1-2-7-13(12)19/h3-5,8-9,12-13,19H,1-2,6-7H2,(H,18,20)/b9-8+/t12-,13-/m1/s1. The molecule has 1 saturated carbocycles.